The third kappa shape index (κ3) is 3.12. The summed E-state index contributed by atoms with van der Waals surface area (Å²) in [7, 11) is 0. The lowest BCUT2D eigenvalue weighted by Gasteiger charge is -2.25. The van der Waals surface area contributed by atoms with E-state index in [4.69, 9.17) is 4.42 Å². The van der Waals surface area contributed by atoms with E-state index < -0.39 is 0 Å². The number of hydrogen-bond donors (Lipinski definition) is 1. The van der Waals surface area contributed by atoms with Crippen molar-refractivity contribution < 1.29 is 4.42 Å². The molecule has 1 rings (SSSR count). The fraction of sp³-hybridized carbons (Fsp3) is 0.733. The molecule has 2 nitrogen and oxygen atoms in total. The topological polar surface area (TPSA) is 25.2 Å². The SMILES string of the molecule is CCCC(C)C(NCC)c1c(C)oc(C)c1C. The summed E-state index contributed by atoms with van der Waals surface area (Å²) in [6.45, 7) is 14.1. The van der Waals surface area contributed by atoms with Crippen LogP contribution >= 0.6 is 0 Å². The highest BCUT2D eigenvalue weighted by Gasteiger charge is 2.24. The van der Waals surface area contributed by atoms with Crippen LogP contribution in [0.1, 0.15) is 62.3 Å². The van der Waals surface area contributed by atoms with Crippen molar-refractivity contribution >= 4 is 0 Å². The lowest BCUT2D eigenvalue weighted by molar-refractivity contribution is 0.362. The summed E-state index contributed by atoms with van der Waals surface area (Å²) in [5.41, 5.74) is 2.70. The van der Waals surface area contributed by atoms with Crippen molar-refractivity contribution in [2.24, 2.45) is 5.92 Å². The predicted molar refractivity (Wildman–Crippen MR) is 73.4 cm³/mol. The van der Waals surface area contributed by atoms with E-state index in [9.17, 15) is 0 Å². The molecule has 17 heavy (non-hydrogen) atoms. The second-order valence-electron chi connectivity index (χ2n) is 5.05. The largest absolute Gasteiger partial charge is 0.466 e. The Kier molecular flexibility index (Phi) is 5.26. The molecule has 0 spiro atoms. The van der Waals surface area contributed by atoms with Crippen LogP contribution in [-0.2, 0) is 0 Å². The molecule has 0 aliphatic rings. The van der Waals surface area contributed by atoms with Gasteiger partial charge in [0.1, 0.15) is 11.5 Å². The highest BCUT2D eigenvalue weighted by atomic mass is 16.3. The summed E-state index contributed by atoms with van der Waals surface area (Å²) >= 11 is 0. The van der Waals surface area contributed by atoms with Gasteiger partial charge in [-0.1, -0.05) is 27.2 Å². The fourth-order valence-corrected chi connectivity index (χ4v) is 2.70. The fourth-order valence-electron chi connectivity index (χ4n) is 2.70. The molecule has 1 aromatic heterocycles. The van der Waals surface area contributed by atoms with Gasteiger partial charge >= 0.3 is 0 Å². The molecule has 0 fully saturated rings. The van der Waals surface area contributed by atoms with Crippen LogP contribution in [0.15, 0.2) is 4.42 Å². The van der Waals surface area contributed by atoms with E-state index >= 15 is 0 Å². The summed E-state index contributed by atoms with van der Waals surface area (Å²) in [6, 6.07) is 0.428. The molecule has 0 saturated heterocycles. The van der Waals surface area contributed by atoms with E-state index in [2.05, 4.69) is 46.9 Å². The van der Waals surface area contributed by atoms with Gasteiger partial charge in [-0.25, -0.2) is 0 Å². The van der Waals surface area contributed by atoms with E-state index in [0.29, 0.717) is 12.0 Å². The molecule has 0 aliphatic carbocycles. The molecule has 2 unspecified atom stereocenters. The van der Waals surface area contributed by atoms with E-state index in [1.807, 2.05) is 0 Å². The van der Waals surface area contributed by atoms with Gasteiger partial charge < -0.3 is 9.73 Å². The smallest absolute Gasteiger partial charge is 0.106 e. The molecule has 1 heterocycles. The predicted octanol–water partition coefficient (Wildman–Crippen LogP) is 4.29. The highest BCUT2D eigenvalue weighted by molar-refractivity contribution is 5.34. The molecular formula is C15H27NO. The van der Waals surface area contributed by atoms with Crippen LogP contribution in [0.3, 0.4) is 0 Å². The Bertz CT molecular complexity index is 354. The summed E-state index contributed by atoms with van der Waals surface area (Å²) < 4.78 is 5.76. The van der Waals surface area contributed by atoms with Gasteiger partial charge in [0.05, 0.1) is 0 Å². The Morgan fingerprint density at radius 1 is 1.12 bits per heavy atom. The Labute approximate surface area is 106 Å². The van der Waals surface area contributed by atoms with Gasteiger partial charge in [0.15, 0.2) is 0 Å². The van der Waals surface area contributed by atoms with Crippen LogP contribution in [0.4, 0.5) is 0 Å². The minimum absolute atomic E-state index is 0.428. The van der Waals surface area contributed by atoms with E-state index in [0.717, 1.165) is 18.1 Å². The van der Waals surface area contributed by atoms with Crippen LogP contribution in [0.5, 0.6) is 0 Å². The van der Waals surface area contributed by atoms with Crippen LogP contribution in [0, 0.1) is 26.7 Å². The summed E-state index contributed by atoms with van der Waals surface area (Å²) in [4.78, 5) is 0. The second kappa shape index (κ2) is 6.25. The molecule has 0 bridgehead atoms. The van der Waals surface area contributed by atoms with Crippen LogP contribution in [0.25, 0.3) is 0 Å². The molecule has 0 radical (unpaired) electrons. The second-order valence-corrected chi connectivity index (χ2v) is 5.05. The minimum atomic E-state index is 0.428. The molecule has 0 aliphatic heterocycles. The maximum atomic E-state index is 5.76. The third-order valence-electron chi connectivity index (χ3n) is 3.67. The van der Waals surface area contributed by atoms with Crippen LogP contribution in [0.2, 0.25) is 0 Å². The normalized spacial score (nSPS) is 14.9. The zero-order chi connectivity index (χ0) is 13.0. The van der Waals surface area contributed by atoms with Crippen molar-refractivity contribution in [2.45, 2.75) is 60.4 Å². The van der Waals surface area contributed by atoms with Crippen molar-refractivity contribution in [2.75, 3.05) is 6.54 Å². The molecule has 1 N–H and O–H groups in total. The van der Waals surface area contributed by atoms with Gasteiger partial charge in [0, 0.05) is 11.6 Å². The number of nitrogens with one attached hydrogen (secondary N) is 1. The van der Waals surface area contributed by atoms with Crippen molar-refractivity contribution in [1.29, 1.82) is 0 Å². The van der Waals surface area contributed by atoms with Gasteiger partial charge in [-0.3, -0.25) is 0 Å². The zero-order valence-electron chi connectivity index (χ0n) is 12.2. The number of furan rings is 1. The molecular weight excluding hydrogens is 210 g/mol. The lowest BCUT2D eigenvalue weighted by atomic mass is 9.89. The maximum Gasteiger partial charge on any atom is 0.106 e. The molecule has 1 aromatic rings. The quantitative estimate of drug-likeness (QED) is 0.798. The van der Waals surface area contributed by atoms with Gasteiger partial charge in [0.25, 0.3) is 0 Å². The Morgan fingerprint density at radius 3 is 2.18 bits per heavy atom. The molecule has 2 atom stereocenters. The van der Waals surface area contributed by atoms with Crippen molar-refractivity contribution in [3.63, 3.8) is 0 Å². The van der Waals surface area contributed by atoms with Crippen molar-refractivity contribution in [3.8, 4) is 0 Å². The maximum absolute atomic E-state index is 5.76. The summed E-state index contributed by atoms with van der Waals surface area (Å²) in [5, 5.41) is 3.62. The Balaban J connectivity index is 3.04. The zero-order valence-corrected chi connectivity index (χ0v) is 12.2. The first-order valence-electron chi connectivity index (χ1n) is 6.82. The van der Waals surface area contributed by atoms with E-state index in [-0.39, 0.29) is 0 Å². The van der Waals surface area contributed by atoms with E-state index in [1.165, 1.54) is 24.0 Å². The molecule has 98 valence electrons. The lowest BCUT2D eigenvalue weighted by Crippen LogP contribution is -2.27. The third-order valence-corrected chi connectivity index (χ3v) is 3.67. The average Bonchev–Trinajstić information content (AvgIpc) is 2.51. The first kappa shape index (κ1) is 14.3. The molecule has 0 aromatic carbocycles. The van der Waals surface area contributed by atoms with E-state index in [1.54, 1.807) is 0 Å². The number of hydrogen-bond acceptors (Lipinski definition) is 2. The molecule has 0 saturated carbocycles. The van der Waals surface area contributed by atoms with Crippen LogP contribution in [-0.4, -0.2) is 6.54 Å². The van der Waals surface area contributed by atoms with Gasteiger partial charge in [0.2, 0.25) is 0 Å². The minimum Gasteiger partial charge on any atom is -0.466 e. The standard InChI is InChI=1S/C15H27NO/c1-7-9-10(3)15(16-8-2)14-11(4)12(5)17-13(14)6/h10,15-16H,7-9H2,1-6H3. The number of rotatable bonds is 6. The summed E-state index contributed by atoms with van der Waals surface area (Å²) in [6.07, 6.45) is 2.48. The average molecular weight is 237 g/mol. The van der Waals surface area contributed by atoms with Crippen molar-refractivity contribution in [1.82, 2.24) is 5.32 Å². The number of aryl methyl sites for hydroxylation is 2. The first-order chi connectivity index (χ1) is 8.02. The highest BCUT2D eigenvalue weighted by Crippen LogP contribution is 2.33. The van der Waals surface area contributed by atoms with Crippen LogP contribution < -0.4 is 5.32 Å². The molecule has 0 amide bonds. The first-order valence-corrected chi connectivity index (χ1v) is 6.82. The van der Waals surface area contributed by atoms with Gasteiger partial charge in [-0.2, -0.15) is 0 Å². The summed E-state index contributed by atoms with van der Waals surface area (Å²) in [5.74, 6) is 2.78. The van der Waals surface area contributed by atoms with Gasteiger partial charge in [-0.05, 0) is 45.2 Å². The Morgan fingerprint density at radius 2 is 1.76 bits per heavy atom. The van der Waals surface area contributed by atoms with Crippen molar-refractivity contribution in [3.05, 3.63) is 22.6 Å². The Hall–Kier alpha value is -0.760. The monoisotopic (exact) mass is 237 g/mol. The van der Waals surface area contributed by atoms with Gasteiger partial charge in [-0.15, -0.1) is 0 Å². The molecule has 2 heteroatoms.